The smallest absolute Gasteiger partial charge is 0.328 e. The van der Waals surface area contributed by atoms with Crippen LogP contribution in [0.2, 0.25) is 5.02 Å². The fourth-order valence-corrected chi connectivity index (χ4v) is 2.44. The minimum absolute atomic E-state index is 0.412. The molecule has 5 heteroatoms. The molecule has 0 bridgehead atoms. The lowest BCUT2D eigenvalue weighted by atomic mass is 10.3. The van der Waals surface area contributed by atoms with E-state index in [0.29, 0.717) is 17.4 Å². The van der Waals surface area contributed by atoms with Gasteiger partial charge in [0.2, 0.25) is 0 Å². The number of carboxylic acids is 1. The van der Waals surface area contributed by atoms with Crippen molar-refractivity contribution >= 4 is 35.0 Å². The summed E-state index contributed by atoms with van der Waals surface area (Å²) in [6.45, 7) is 0.412. The van der Waals surface area contributed by atoms with Crippen LogP contribution in [0.5, 0.6) is 5.75 Å². The molecule has 3 nitrogen and oxygen atoms in total. The normalized spacial score (nSPS) is 10.8. The summed E-state index contributed by atoms with van der Waals surface area (Å²) in [5.41, 5.74) is 0. The van der Waals surface area contributed by atoms with Crippen LogP contribution in [-0.2, 0) is 11.4 Å². The van der Waals surface area contributed by atoms with E-state index in [1.807, 2.05) is 24.3 Å². The first-order valence-electron chi connectivity index (χ1n) is 5.52. The van der Waals surface area contributed by atoms with Crippen LogP contribution in [0.3, 0.4) is 0 Å². The number of benzene rings is 1. The van der Waals surface area contributed by atoms with Gasteiger partial charge in [-0.2, -0.15) is 0 Å². The maximum atomic E-state index is 10.4. The topological polar surface area (TPSA) is 46.5 Å². The highest BCUT2D eigenvalue weighted by Crippen LogP contribution is 2.25. The summed E-state index contributed by atoms with van der Waals surface area (Å²) in [6.07, 6.45) is 2.68. The molecule has 2 aromatic rings. The predicted octanol–water partition coefficient (Wildman–Crippen LogP) is 4.08. The molecule has 1 heterocycles. The molecule has 1 aromatic heterocycles. The maximum absolute atomic E-state index is 10.4. The Morgan fingerprint density at radius 2 is 2.11 bits per heavy atom. The van der Waals surface area contributed by atoms with Gasteiger partial charge in [-0.05, 0) is 30.3 Å². The number of para-hydroxylation sites is 1. The highest BCUT2D eigenvalue weighted by molar-refractivity contribution is 7.12. The summed E-state index contributed by atoms with van der Waals surface area (Å²) in [5.74, 6) is -0.317. The van der Waals surface area contributed by atoms with Crippen LogP contribution in [0.1, 0.15) is 9.75 Å². The number of carboxylic acid groups (broad SMARTS) is 1. The van der Waals surface area contributed by atoms with Gasteiger partial charge in [0.25, 0.3) is 0 Å². The molecular formula is C14H11ClO3S. The number of hydrogen-bond acceptors (Lipinski definition) is 3. The number of thiophene rings is 1. The minimum atomic E-state index is -0.956. The molecule has 0 radical (unpaired) electrons. The van der Waals surface area contributed by atoms with Gasteiger partial charge in [0.15, 0.2) is 0 Å². The number of aliphatic carboxylic acids is 1. The Bertz CT molecular complexity index is 604. The van der Waals surface area contributed by atoms with Crippen molar-refractivity contribution in [1.29, 1.82) is 0 Å². The maximum Gasteiger partial charge on any atom is 0.328 e. The van der Waals surface area contributed by atoms with Gasteiger partial charge in [0.1, 0.15) is 12.4 Å². The van der Waals surface area contributed by atoms with Gasteiger partial charge in [-0.25, -0.2) is 4.79 Å². The van der Waals surface area contributed by atoms with E-state index >= 15 is 0 Å². The van der Waals surface area contributed by atoms with Gasteiger partial charge >= 0.3 is 5.97 Å². The number of ether oxygens (including phenoxy) is 1. The van der Waals surface area contributed by atoms with E-state index < -0.39 is 5.97 Å². The molecule has 0 aliphatic carbocycles. The lowest BCUT2D eigenvalue weighted by Gasteiger charge is -2.05. The van der Waals surface area contributed by atoms with Gasteiger partial charge < -0.3 is 9.84 Å². The largest absolute Gasteiger partial charge is 0.487 e. The first kappa shape index (κ1) is 13.6. The monoisotopic (exact) mass is 294 g/mol. The van der Waals surface area contributed by atoms with Crippen molar-refractivity contribution in [3.8, 4) is 5.75 Å². The van der Waals surface area contributed by atoms with E-state index in [2.05, 4.69) is 0 Å². The SMILES string of the molecule is O=C(O)C=Cc1ccc(COc2ccccc2Cl)s1. The third kappa shape index (κ3) is 4.12. The van der Waals surface area contributed by atoms with Crippen LogP contribution in [0.25, 0.3) is 6.08 Å². The van der Waals surface area contributed by atoms with Crippen molar-refractivity contribution in [3.63, 3.8) is 0 Å². The number of rotatable bonds is 5. The van der Waals surface area contributed by atoms with Gasteiger partial charge in [-0.3, -0.25) is 0 Å². The molecular weight excluding hydrogens is 284 g/mol. The number of hydrogen-bond donors (Lipinski definition) is 1. The van der Waals surface area contributed by atoms with Crippen LogP contribution in [0.4, 0.5) is 0 Å². The van der Waals surface area contributed by atoms with Gasteiger partial charge in [-0.15, -0.1) is 11.3 Å². The van der Waals surface area contributed by atoms with E-state index in [1.54, 1.807) is 18.2 Å². The van der Waals surface area contributed by atoms with Crippen LogP contribution in [0.15, 0.2) is 42.5 Å². The van der Waals surface area contributed by atoms with E-state index in [9.17, 15) is 4.79 Å². The predicted molar refractivity (Wildman–Crippen MR) is 76.8 cm³/mol. The van der Waals surface area contributed by atoms with Crippen LogP contribution in [-0.4, -0.2) is 11.1 Å². The summed E-state index contributed by atoms with van der Waals surface area (Å²) in [4.78, 5) is 12.3. The van der Waals surface area contributed by atoms with Crippen molar-refractivity contribution < 1.29 is 14.6 Å². The molecule has 0 aliphatic heterocycles. The summed E-state index contributed by atoms with van der Waals surface area (Å²) in [5, 5.41) is 9.12. The average molecular weight is 295 g/mol. The molecule has 2 rings (SSSR count). The van der Waals surface area contributed by atoms with Crippen LogP contribution in [0, 0.1) is 0 Å². The second-order valence-electron chi connectivity index (χ2n) is 3.69. The Hall–Kier alpha value is -1.78. The summed E-state index contributed by atoms with van der Waals surface area (Å²) < 4.78 is 5.60. The van der Waals surface area contributed by atoms with E-state index in [0.717, 1.165) is 15.8 Å². The summed E-state index contributed by atoms with van der Waals surface area (Å²) in [7, 11) is 0. The lowest BCUT2D eigenvalue weighted by Crippen LogP contribution is -1.92. The van der Waals surface area contributed by atoms with E-state index in [1.165, 1.54) is 11.3 Å². The Balaban J connectivity index is 1.97. The third-order valence-corrected chi connectivity index (χ3v) is 3.62. The average Bonchev–Trinajstić information content (AvgIpc) is 2.83. The Morgan fingerprint density at radius 3 is 2.84 bits per heavy atom. The molecule has 0 saturated heterocycles. The highest BCUT2D eigenvalue weighted by atomic mass is 35.5. The van der Waals surface area contributed by atoms with Gasteiger partial charge in [-0.1, -0.05) is 23.7 Å². The molecule has 1 aromatic carbocycles. The van der Waals surface area contributed by atoms with Crippen molar-refractivity contribution in [2.75, 3.05) is 0 Å². The third-order valence-electron chi connectivity index (χ3n) is 2.28. The highest BCUT2D eigenvalue weighted by Gasteiger charge is 2.02. The first-order chi connectivity index (χ1) is 9.15. The quantitative estimate of drug-likeness (QED) is 0.845. The minimum Gasteiger partial charge on any atom is -0.487 e. The molecule has 0 saturated carbocycles. The number of carbonyl (C=O) groups is 1. The Kier molecular flexibility index (Phi) is 4.60. The van der Waals surface area contributed by atoms with Crippen LogP contribution < -0.4 is 4.74 Å². The zero-order valence-electron chi connectivity index (χ0n) is 9.88. The van der Waals surface area contributed by atoms with Gasteiger partial charge in [0, 0.05) is 15.8 Å². The molecule has 19 heavy (non-hydrogen) atoms. The molecule has 0 spiro atoms. The summed E-state index contributed by atoms with van der Waals surface area (Å²) in [6, 6.07) is 11.0. The fraction of sp³-hybridized carbons (Fsp3) is 0.0714. The molecule has 0 fully saturated rings. The number of halogens is 1. The van der Waals surface area contributed by atoms with Crippen molar-refractivity contribution in [3.05, 3.63) is 57.3 Å². The second-order valence-corrected chi connectivity index (χ2v) is 5.30. The van der Waals surface area contributed by atoms with Crippen molar-refractivity contribution in [1.82, 2.24) is 0 Å². The lowest BCUT2D eigenvalue weighted by molar-refractivity contribution is -0.131. The zero-order chi connectivity index (χ0) is 13.7. The molecule has 0 amide bonds. The van der Waals surface area contributed by atoms with E-state index in [-0.39, 0.29) is 0 Å². The van der Waals surface area contributed by atoms with E-state index in [4.69, 9.17) is 21.4 Å². The Labute approximate surface area is 119 Å². The molecule has 0 unspecified atom stereocenters. The van der Waals surface area contributed by atoms with Crippen LogP contribution >= 0.6 is 22.9 Å². The first-order valence-corrected chi connectivity index (χ1v) is 6.71. The Morgan fingerprint density at radius 1 is 1.32 bits per heavy atom. The second kappa shape index (κ2) is 6.41. The van der Waals surface area contributed by atoms with Crippen molar-refractivity contribution in [2.45, 2.75) is 6.61 Å². The fourth-order valence-electron chi connectivity index (χ4n) is 1.43. The standard InChI is InChI=1S/C14H11ClO3S/c15-12-3-1-2-4-13(12)18-9-11-6-5-10(19-11)7-8-14(16)17/h1-8H,9H2,(H,16,17). The van der Waals surface area contributed by atoms with Crippen molar-refractivity contribution in [2.24, 2.45) is 0 Å². The molecule has 98 valence electrons. The molecule has 0 atom stereocenters. The molecule has 0 aliphatic rings. The zero-order valence-corrected chi connectivity index (χ0v) is 11.4. The summed E-state index contributed by atoms with van der Waals surface area (Å²) >= 11 is 7.46. The van der Waals surface area contributed by atoms with Gasteiger partial charge in [0.05, 0.1) is 5.02 Å². The molecule has 1 N–H and O–H groups in total.